The summed E-state index contributed by atoms with van der Waals surface area (Å²) in [6.07, 6.45) is 0. The van der Waals surface area contributed by atoms with Crippen molar-refractivity contribution in [1.82, 2.24) is 0 Å². The number of ether oxygens (including phenoxy) is 1. The number of benzene rings is 2. The summed E-state index contributed by atoms with van der Waals surface area (Å²) < 4.78 is 7.22. The van der Waals surface area contributed by atoms with Crippen LogP contribution in [0.15, 0.2) is 45.3 Å². The molecule has 0 aliphatic carbocycles. The summed E-state index contributed by atoms with van der Waals surface area (Å²) in [5.41, 5.74) is 2.68. The van der Waals surface area contributed by atoms with Gasteiger partial charge in [0.1, 0.15) is 5.75 Å². The fourth-order valence-corrected chi connectivity index (χ4v) is 3.60. The van der Waals surface area contributed by atoms with Gasteiger partial charge in [-0.25, -0.2) is 4.79 Å². The Bertz CT molecular complexity index is 675. The second kappa shape index (κ2) is 6.55. The number of carbonyl (C=O) groups excluding carboxylic acids is 1. The highest BCUT2D eigenvalue weighted by molar-refractivity contribution is 9.11. The normalized spacial score (nSPS) is 11.4. The van der Waals surface area contributed by atoms with Gasteiger partial charge in [-0.1, -0.05) is 48.8 Å². The van der Waals surface area contributed by atoms with Crippen molar-refractivity contribution in [2.45, 2.75) is 33.1 Å². The lowest BCUT2D eigenvalue weighted by Gasteiger charge is -2.19. The molecule has 0 bridgehead atoms. The fourth-order valence-electron chi connectivity index (χ4n) is 2.08. The number of halogens is 2. The molecule has 0 saturated carbocycles. The third-order valence-electron chi connectivity index (χ3n) is 3.38. The molecule has 116 valence electrons. The Hall–Kier alpha value is -1.13. The summed E-state index contributed by atoms with van der Waals surface area (Å²) in [5.74, 6) is 0.194. The molecule has 0 aliphatic heterocycles. The van der Waals surface area contributed by atoms with Crippen LogP contribution in [0, 0.1) is 6.92 Å². The zero-order valence-electron chi connectivity index (χ0n) is 13.0. The Kier molecular flexibility index (Phi) is 5.13. The van der Waals surface area contributed by atoms with Crippen LogP contribution in [0.4, 0.5) is 0 Å². The molecule has 2 aromatic carbocycles. The van der Waals surface area contributed by atoms with E-state index in [0.29, 0.717) is 11.3 Å². The molecular weight excluding hydrogens is 408 g/mol. The molecule has 0 N–H and O–H groups in total. The molecule has 0 atom stereocenters. The molecule has 0 saturated heterocycles. The topological polar surface area (TPSA) is 26.3 Å². The van der Waals surface area contributed by atoms with Gasteiger partial charge >= 0.3 is 5.97 Å². The van der Waals surface area contributed by atoms with Gasteiger partial charge in [0.15, 0.2) is 0 Å². The predicted octanol–water partition coefficient (Wildman–Crippen LogP) is 6.04. The number of aryl methyl sites for hydroxylation is 1. The zero-order chi connectivity index (χ0) is 16.5. The molecule has 22 heavy (non-hydrogen) atoms. The van der Waals surface area contributed by atoms with E-state index in [1.54, 1.807) is 0 Å². The van der Waals surface area contributed by atoms with Crippen LogP contribution in [0.25, 0.3) is 0 Å². The maximum Gasteiger partial charge on any atom is 0.343 e. The van der Waals surface area contributed by atoms with Crippen LogP contribution in [0.2, 0.25) is 0 Å². The number of carbonyl (C=O) groups is 1. The first-order valence-corrected chi connectivity index (χ1v) is 8.55. The average molecular weight is 426 g/mol. The second-order valence-electron chi connectivity index (χ2n) is 6.25. The quantitative estimate of drug-likeness (QED) is 0.433. The molecule has 0 aromatic heterocycles. The SMILES string of the molecule is Cc1cc(Br)cc(Br)c1OC(=O)c1ccc(C(C)(C)C)cc1. The highest BCUT2D eigenvalue weighted by Crippen LogP contribution is 2.33. The molecule has 2 rings (SSSR count). The van der Waals surface area contributed by atoms with E-state index >= 15 is 0 Å². The van der Waals surface area contributed by atoms with Gasteiger partial charge < -0.3 is 4.74 Å². The third kappa shape index (κ3) is 3.99. The molecular formula is C18H18Br2O2. The standard InChI is InChI=1S/C18H18Br2O2/c1-11-9-14(19)10-15(20)16(11)22-17(21)12-5-7-13(8-6-12)18(2,3)4/h5-10H,1-4H3. The van der Waals surface area contributed by atoms with E-state index in [0.717, 1.165) is 14.5 Å². The van der Waals surface area contributed by atoms with E-state index in [1.807, 2.05) is 43.3 Å². The minimum absolute atomic E-state index is 0.0633. The van der Waals surface area contributed by atoms with Crippen molar-refractivity contribution in [1.29, 1.82) is 0 Å². The molecule has 0 aliphatic rings. The maximum atomic E-state index is 12.3. The lowest BCUT2D eigenvalue weighted by molar-refractivity contribution is 0.0732. The highest BCUT2D eigenvalue weighted by atomic mass is 79.9. The summed E-state index contributed by atoms with van der Waals surface area (Å²) in [5, 5.41) is 0. The van der Waals surface area contributed by atoms with Gasteiger partial charge in [0.05, 0.1) is 10.0 Å². The molecule has 0 radical (unpaired) electrons. The Morgan fingerprint density at radius 1 is 1.05 bits per heavy atom. The molecule has 2 nitrogen and oxygen atoms in total. The Balaban J connectivity index is 2.23. The lowest BCUT2D eigenvalue weighted by Crippen LogP contribution is -2.13. The number of hydrogen-bond acceptors (Lipinski definition) is 2. The van der Waals surface area contributed by atoms with E-state index in [2.05, 4.69) is 52.6 Å². The lowest BCUT2D eigenvalue weighted by atomic mass is 9.87. The van der Waals surface area contributed by atoms with Crippen molar-refractivity contribution in [3.8, 4) is 5.75 Å². The number of rotatable bonds is 2. The molecule has 0 heterocycles. The van der Waals surface area contributed by atoms with Crippen molar-refractivity contribution in [3.63, 3.8) is 0 Å². The van der Waals surface area contributed by atoms with E-state index in [4.69, 9.17) is 4.74 Å². The van der Waals surface area contributed by atoms with Crippen LogP contribution in [0.1, 0.15) is 42.3 Å². The van der Waals surface area contributed by atoms with E-state index in [1.165, 1.54) is 5.56 Å². The molecule has 0 amide bonds. The maximum absolute atomic E-state index is 12.3. The summed E-state index contributed by atoms with van der Waals surface area (Å²) in [6, 6.07) is 11.3. The Morgan fingerprint density at radius 3 is 2.14 bits per heavy atom. The van der Waals surface area contributed by atoms with Gasteiger partial charge in [-0.3, -0.25) is 0 Å². The van der Waals surface area contributed by atoms with Crippen molar-refractivity contribution in [2.75, 3.05) is 0 Å². The first-order chi connectivity index (χ1) is 10.2. The Morgan fingerprint density at radius 2 is 1.64 bits per heavy atom. The molecule has 2 aromatic rings. The minimum atomic E-state index is -0.355. The van der Waals surface area contributed by atoms with Gasteiger partial charge in [0, 0.05) is 4.47 Å². The molecule has 0 unspecified atom stereocenters. The smallest absolute Gasteiger partial charge is 0.343 e. The fraction of sp³-hybridized carbons (Fsp3) is 0.278. The predicted molar refractivity (Wildman–Crippen MR) is 96.7 cm³/mol. The van der Waals surface area contributed by atoms with Crippen LogP contribution in [0.5, 0.6) is 5.75 Å². The van der Waals surface area contributed by atoms with E-state index in [9.17, 15) is 4.79 Å². The molecule has 0 spiro atoms. The van der Waals surface area contributed by atoms with Crippen LogP contribution in [-0.4, -0.2) is 5.97 Å². The van der Waals surface area contributed by atoms with Gasteiger partial charge in [-0.15, -0.1) is 0 Å². The van der Waals surface area contributed by atoms with Crippen molar-refractivity contribution in [3.05, 3.63) is 62.0 Å². The monoisotopic (exact) mass is 424 g/mol. The first-order valence-electron chi connectivity index (χ1n) is 6.97. The van der Waals surface area contributed by atoms with Crippen molar-refractivity contribution < 1.29 is 9.53 Å². The number of esters is 1. The third-order valence-corrected chi connectivity index (χ3v) is 4.42. The van der Waals surface area contributed by atoms with Crippen LogP contribution >= 0.6 is 31.9 Å². The van der Waals surface area contributed by atoms with E-state index in [-0.39, 0.29) is 11.4 Å². The second-order valence-corrected chi connectivity index (χ2v) is 8.02. The summed E-state index contributed by atoms with van der Waals surface area (Å²) in [4.78, 5) is 12.3. The van der Waals surface area contributed by atoms with Gasteiger partial charge in [0.2, 0.25) is 0 Å². The summed E-state index contributed by atoms with van der Waals surface area (Å²) >= 11 is 6.84. The van der Waals surface area contributed by atoms with Crippen LogP contribution < -0.4 is 4.74 Å². The average Bonchev–Trinajstić information content (AvgIpc) is 2.41. The largest absolute Gasteiger partial charge is 0.421 e. The van der Waals surface area contributed by atoms with Crippen molar-refractivity contribution in [2.24, 2.45) is 0 Å². The zero-order valence-corrected chi connectivity index (χ0v) is 16.2. The van der Waals surface area contributed by atoms with Gasteiger partial charge in [-0.05, 0) is 63.7 Å². The summed E-state index contributed by atoms with van der Waals surface area (Å²) in [7, 11) is 0. The summed E-state index contributed by atoms with van der Waals surface area (Å²) in [6.45, 7) is 8.33. The van der Waals surface area contributed by atoms with Crippen LogP contribution in [-0.2, 0) is 5.41 Å². The van der Waals surface area contributed by atoms with Gasteiger partial charge in [-0.2, -0.15) is 0 Å². The Labute approximate surface area is 148 Å². The van der Waals surface area contributed by atoms with E-state index < -0.39 is 0 Å². The molecule has 0 fully saturated rings. The highest BCUT2D eigenvalue weighted by Gasteiger charge is 2.16. The van der Waals surface area contributed by atoms with Crippen LogP contribution in [0.3, 0.4) is 0 Å². The van der Waals surface area contributed by atoms with Crippen molar-refractivity contribution >= 4 is 37.8 Å². The minimum Gasteiger partial charge on any atom is -0.421 e. The number of hydrogen-bond donors (Lipinski definition) is 0. The molecule has 4 heteroatoms. The van der Waals surface area contributed by atoms with Gasteiger partial charge in [0.25, 0.3) is 0 Å². The first kappa shape index (κ1) is 17.2.